The maximum atomic E-state index is 11.6. The number of rotatable bonds is 0. The molecule has 74 valence electrons. The second-order valence-corrected chi connectivity index (χ2v) is 3.49. The van der Waals surface area contributed by atoms with Gasteiger partial charge in [-0.3, -0.25) is 14.9 Å². The van der Waals surface area contributed by atoms with Crippen molar-refractivity contribution >= 4 is 52.1 Å². The van der Waals surface area contributed by atoms with Crippen molar-refractivity contribution in [3.63, 3.8) is 0 Å². The fourth-order valence-corrected chi connectivity index (χ4v) is 1.94. The zero-order valence-corrected chi connectivity index (χ0v) is 7.78. The van der Waals surface area contributed by atoms with E-state index in [0.717, 1.165) is 10.8 Å². The molecule has 0 saturated heterocycles. The SMILES string of the molecule is O=C1NC(=O)c2c1ccc1ccccc21.[NaH]. The van der Waals surface area contributed by atoms with Crippen molar-refractivity contribution in [3.05, 3.63) is 47.5 Å². The van der Waals surface area contributed by atoms with E-state index in [2.05, 4.69) is 5.32 Å². The van der Waals surface area contributed by atoms with Crippen molar-refractivity contribution in [2.24, 2.45) is 0 Å². The van der Waals surface area contributed by atoms with Gasteiger partial charge in [-0.05, 0) is 16.8 Å². The van der Waals surface area contributed by atoms with Crippen molar-refractivity contribution < 1.29 is 9.59 Å². The van der Waals surface area contributed by atoms with Gasteiger partial charge in [-0.2, -0.15) is 0 Å². The van der Waals surface area contributed by atoms with Gasteiger partial charge >= 0.3 is 29.6 Å². The van der Waals surface area contributed by atoms with Gasteiger partial charge in [0.25, 0.3) is 11.8 Å². The molecule has 0 aromatic heterocycles. The number of hydrogen-bond donors (Lipinski definition) is 1. The summed E-state index contributed by atoms with van der Waals surface area (Å²) in [6, 6.07) is 11.1. The first-order chi connectivity index (χ1) is 7.27. The van der Waals surface area contributed by atoms with E-state index in [1.54, 1.807) is 6.07 Å². The summed E-state index contributed by atoms with van der Waals surface area (Å²) in [6.45, 7) is 0. The Morgan fingerprint density at radius 2 is 1.62 bits per heavy atom. The van der Waals surface area contributed by atoms with Crippen LogP contribution in [0.5, 0.6) is 0 Å². The Balaban J connectivity index is 0.000000963. The van der Waals surface area contributed by atoms with E-state index in [9.17, 15) is 9.59 Å². The summed E-state index contributed by atoms with van der Waals surface area (Å²) in [6.07, 6.45) is 0. The van der Waals surface area contributed by atoms with E-state index in [0.29, 0.717) is 11.1 Å². The van der Waals surface area contributed by atoms with Crippen molar-refractivity contribution in [2.75, 3.05) is 0 Å². The van der Waals surface area contributed by atoms with Crippen LogP contribution in [0.2, 0.25) is 0 Å². The van der Waals surface area contributed by atoms with E-state index in [4.69, 9.17) is 0 Å². The fraction of sp³-hybridized carbons (Fsp3) is 0. The van der Waals surface area contributed by atoms with Gasteiger partial charge < -0.3 is 0 Å². The summed E-state index contributed by atoms with van der Waals surface area (Å²) in [5, 5.41) is 4.10. The molecule has 16 heavy (non-hydrogen) atoms. The average Bonchev–Trinajstić information content (AvgIpc) is 2.55. The van der Waals surface area contributed by atoms with Crippen LogP contribution in [0.15, 0.2) is 36.4 Å². The number of carbonyl (C=O) groups excluding carboxylic acids is 2. The molecule has 3 nitrogen and oxygen atoms in total. The predicted octanol–water partition coefficient (Wildman–Crippen LogP) is 1.07. The summed E-state index contributed by atoms with van der Waals surface area (Å²) in [5.74, 6) is -0.604. The van der Waals surface area contributed by atoms with Crippen LogP contribution in [-0.4, -0.2) is 41.4 Å². The third-order valence-electron chi connectivity index (χ3n) is 2.63. The molecule has 2 aromatic rings. The molecular weight excluding hydrogens is 213 g/mol. The Morgan fingerprint density at radius 1 is 0.875 bits per heavy atom. The first-order valence-electron chi connectivity index (χ1n) is 4.65. The van der Waals surface area contributed by atoms with Crippen LogP contribution >= 0.6 is 0 Å². The summed E-state index contributed by atoms with van der Waals surface area (Å²) in [5.41, 5.74) is 0.969. The molecule has 0 radical (unpaired) electrons. The molecule has 1 N–H and O–H groups in total. The number of fused-ring (bicyclic) bond motifs is 3. The summed E-state index contributed by atoms with van der Waals surface area (Å²) >= 11 is 0. The quantitative estimate of drug-likeness (QED) is 0.534. The molecule has 2 amide bonds. The molecule has 1 aliphatic heterocycles. The maximum absolute atomic E-state index is 11.6. The van der Waals surface area contributed by atoms with Crippen molar-refractivity contribution in [1.29, 1.82) is 0 Å². The normalized spacial score (nSPS) is 13.2. The second kappa shape index (κ2) is 4.01. The van der Waals surface area contributed by atoms with Gasteiger partial charge in [-0.1, -0.05) is 30.3 Å². The minimum absolute atomic E-state index is 0. The zero-order chi connectivity index (χ0) is 10.4. The Morgan fingerprint density at radius 3 is 2.44 bits per heavy atom. The van der Waals surface area contributed by atoms with Crippen LogP contribution in [0, 0.1) is 0 Å². The standard InChI is InChI=1S/C12H7NO2.Na.H/c14-11-9-6-5-7-3-1-2-4-8(7)10(9)12(15)13-11;;/h1-6H,(H,13,14,15);;. The van der Waals surface area contributed by atoms with Gasteiger partial charge in [0.15, 0.2) is 0 Å². The molecule has 0 atom stereocenters. The predicted molar refractivity (Wildman–Crippen MR) is 62.9 cm³/mol. The molecule has 3 rings (SSSR count). The average molecular weight is 221 g/mol. The Kier molecular flexibility index (Phi) is 2.84. The number of hydrogen-bond acceptors (Lipinski definition) is 2. The number of nitrogens with one attached hydrogen (secondary N) is 1. The number of benzene rings is 2. The van der Waals surface area contributed by atoms with Crippen LogP contribution in [0.25, 0.3) is 10.8 Å². The first-order valence-corrected chi connectivity index (χ1v) is 4.65. The molecule has 4 heteroatoms. The van der Waals surface area contributed by atoms with Gasteiger partial charge in [-0.25, -0.2) is 0 Å². The van der Waals surface area contributed by atoms with Gasteiger partial charge in [0.1, 0.15) is 0 Å². The molecule has 2 aromatic carbocycles. The second-order valence-electron chi connectivity index (χ2n) is 3.49. The first kappa shape index (κ1) is 11.3. The van der Waals surface area contributed by atoms with Crippen LogP contribution in [0.3, 0.4) is 0 Å². The fourth-order valence-electron chi connectivity index (χ4n) is 1.94. The third-order valence-corrected chi connectivity index (χ3v) is 2.63. The molecule has 0 aliphatic carbocycles. The summed E-state index contributed by atoms with van der Waals surface area (Å²) in [7, 11) is 0. The monoisotopic (exact) mass is 221 g/mol. The van der Waals surface area contributed by atoms with Crippen LogP contribution in [0.1, 0.15) is 20.7 Å². The third kappa shape index (κ3) is 1.48. The Labute approximate surface area is 114 Å². The molecule has 0 saturated carbocycles. The summed E-state index contributed by atoms with van der Waals surface area (Å²) in [4.78, 5) is 22.9. The van der Waals surface area contributed by atoms with E-state index in [1.807, 2.05) is 30.3 Å². The van der Waals surface area contributed by atoms with Gasteiger partial charge in [-0.15, -0.1) is 0 Å². The molecule has 1 aliphatic rings. The zero-order valence-electron chi connectivity index (χ0n) is 7.78. The van der Waals surface area contributed by atoms with Crippen molar-refractivity contribution in [1.82, 2.24) is 5.32 Å². The van der Waals surface area contributed by atoms with E-state index >= 15 is 0 Å². The van der Waals surface area contributed by atoms with Crippen molar-refractivity contribution in [2.45, 2.75) is 0 Å². The number of imide groups is 1. The van der Waals surface area contributed by atoms with Crippen molar-refractivity contribution in [3.8, 4) is 0 Å². The van der Waals surface area contributed by atoms with E-state index in [-0.39, 0.29) is 41.4 Å². The van der Waals surface area contributed by atoms with Gasteiger partial charge in [0.2, 0.25) is 0 Å². The molecule has 0 fully saturated rings. The van der Waals surface area contributed by atoms with Crippen LogP contribution in [0.4, 0.5) is 0 Å². The van der Waals surface area contributed by atoms with Gasteiger partial charge in [0.05, 0.1) is 11.1 Å². The minimum atomic E-state index is -0.305. The number of amides is 2. The number of carbonyl (C=O) groups is 2. The van der Waals surface area contributed by atoms with E-state index < -0.39 is 0 Å². The molecule has 1 heterocycles. The summed E-state index contributed by atoms with van der Waals surface area (Å²) < 4.78 is 0. The van der Waals surface area contributed by atoms with Crippen LogP contribution < -0.4 is 5.32 Å². The topological polar surface area (TPSA) is 46.2 Å². The molecule has 0 spiro atoms. The Bertz CT molecular complexity index is 607. The molecule has 0 unspecified atom stereocenters. The van der Waals surface area contributed by atoms with Crippen LogP contribution in [-0.2, 0) is 0 Å². The molecular formula is C12H8NNaO2. The van der Waals surface area contributed by atoms with E-state index in [1.165, 1.54) is 0 Å². The van der Waals surface area contributed by atoms with Gasteiger partial charge in [0, 0.05) is 0 Å². The Hall–Kier alpha value is -1.16. The molecule has 0 bridgehead atoms.